The summed E-state index contributed by atoms with van der Waals surface area (Å²) in [5, 5.41) is 3.01. The third-order valence-electron chi connectivity index (χ3n) is 5.41. The van der Waals surface area contributed by atoms with Crippen molar-refractivity contribution in [3.05, 3.63) is 102 Å². The second kappa shape index (κ2) is 11.9. The van der Waals surface area contributed by atoms with Crippen molar-refractivity contribution in [3.8, 4) is 5.75 Å². The predicted molar refractivity (Wildman–Crippen MR) is 131 cm³/mol. The van der Waals surface area contributed by atoms with Crippen LogP contribution in [0, 0.1) is 0 Å². The molecule has 5 heteroatoms. The normalized spacial score (nSPS) is 11.6. The summed E-state index contributed by atoms with van der Waals surface area (Å²) in [5.41, 5.74) is 2.87. The molecule has 0 aliphatic carbocycles. The van der Waals surface area contributed by atoms with Gasteiger partial charge in [0.15, 0.2) is 0 Å². The molecule has 3 rings (SSSR count). The molecule has 0 aliphatic rings. The Kier molecular flexibility index (Phi) is 8.64. The second-order valence-corrected chi connectivity index (χ2v) is 8.40. The molecule has 33 heavy (non-hydrogen) atoms. The minimum Gasteiger partial charge on any atom is -0.497 e. The number of nitrogens with zero attached hydrogens (tertiary/aromatic N) is 1. The van der Waals surface area contributed by atoms with E-state index >= 15 is 0 Å². The van der Waals surface area contributed by atoms with Gasteiger partial charge >= 0.3 is 0 Å². The van der Waals surface area contributed by atoms with Crippen LogP contribution in [-0.2, 0) is 29.0 Å². The number of benzene rings is 3. The molecule has 1 atom stereocenters. The number of methoxy groups -OCH3 is 1. The molecule has 3 aromatic rings. The third kappa shape index (κ3) is 7.21. The number of carbonyl (C=O) groups excluding carboxylic acids is 2. The number of hydrogen-bond acceptors (Lipinski definition) is 3. The lowest BCUT2D eigenvalue weighted by Gasteiger charge is -2.32. The zero-order valence-corrected chi connectivity index (χ0v) is 19.5. The summed E-state index contributed by atoms with van der Waals surface area (Å²) in [4.78, 5) is 28.6. The summed E-state index contributed by atoms with van der Waals surface area (Å²) in [5.74, 6) is 0.502. The zero-order valence-electron chi connectivity index (χ0n) is 19.5. The second-order valence-electron chi connectivity index (χ2n) is 8.40. The van der Waals surface area contributed by atoms with Crippen molar-refractivity contribution in [1.29, 1.82) is 0 Å². The van der Waals surface area contributed by atoms with Crippen molar-refractivity contribution in [2.24, 2.45) is 0 Å². The van der Waals surface area contributed by atoms with Gasteiger partial charge in [-0.2, -0.15) is 0 Å². The largest absolute Gasteiger partial charge is 0.497 e. The lowest BCUT2D eigenvalue weighted by molar-refractivity contribution is -0.141. The molecule has 0 saturated heterocycles. The molecule has 0 spiro atoms. The van der Waals surface area contributed by atoms with Gasteiger partial charge in [-0.1, -0.05) is 72.8 Å². The summed E-state index contributed by atoms with van der Waals surface area (Å²) in [6.07, 6.45) is 0.650. The van der Waals surface area contributed by atoms with Crippen molar-refractivity contribution in [2.45, 2.75) is 45.3 Å². The number of rotatable bonds is 10. The van der Waals surface area contributed by atoms with Gasteiger partial charge in [-0.25, -0.2) is 0 Å². The van der Waals surface area contributed by atoms with Crippen molar-refractivity contribution in [1.82, 2.24) is 10.2 Å². The first-order chi connectivity index (χ1) is 16.0. The summed E-state index contributed by atoms with van der Waals surface area (Å²) in [6, 6.07) is 26.4. The fraction of sp³-hybridized carbons (Fsp3) is 0.286. The Morgan fingerprint density at radius 1 is 0.818 bits per heavy atom. The quantitative estimate of drug-likeness (QED) is 0.504. The highest BCUT2D eigenvalue weighted by Crippen LogP contribution is 2.18. The Morgan fingerprint density at radius 2 is 1.39 bits per heavy atom. The fourth-order valence-electron chi connectivity index (χ4n) is 3.73. The van der Waals surface area contributed by atoms with E-state index in [0.717, 1.165) is 22.4 Å². The van der Waals surface area contributed by atoms with Crippen molar-refractivity contribution < 1.29 is 14.3 Å². The highest BCUT2D eigenvalue weighted by atomic mass is 16.5. The van der Waals surface area contributed by atoms with E-state index in [4.69, 9.17) is 4.74 Å². The van der Waals surface area contributed by atoms with Crippen molar-refractivity contribution >= 4 is 11.8 Å². The molecule has 0 radical (unpaired) electrons. The Bertz CT molecular complexity index is 1020. The van der Waals surface area contributed by atoms with E-state index in [1.807, 2.05) is 98.8 Å². The molecule has 0 fully saturated rings. The monoisotopic (exact) mass is 444 g/mol. The summed E-state index contributed by atoms with van der Waals surface area (Å²) < 4.78 is 5.23. The molecule has 0 aromatic heterocycles. The Labute approximate surface area is 196 Å². The smallest absolute Gasteiger partial charge is 0.243 e. The minimum atomic E-state index is -0.624. The molecular weight excluding hydrogens is 412 g/mol. The van der Waals surface area contributed by atoms with Gasteiger partial charge < -0.3 is 15.0 Å². The summed E-state index contributed by atoms with van der Waals surface area (Å²) in [7, 11) is 1.61. The topological polar surface area (TPSA) is 58.6 Å². The van der Waals surface area contributed by atoms with Crippen LogP contribution in [0.2, 0.25) is 0 Å². The average molecular weight is 445 g/mol. The first kappa shape index (κ1) is 24.1. The molecule has 172 valence electrons. The molecule has 0 aliphatic heterocycles. The molecular formula is C28H32N2O3. The number of amides is 2. The summed E-state index contributed by atoms with van der Waals surface area (Å²) in [6.45, 7) is 4.22. The van der Waals surface area contributed by atoms with Crippen LogP contribution in [0.5, 0.6) is 5.75 Å². The molecule has 1 unspecified atom stereocenters. The van der Waals surface area contributed by atoms with E-state index in [-0.39, 0.29) is 24.3 Å². The van der Waals surface area contributed by atoms with Crippen molar-refractivity contribution in [3.63, 3.8) is 0 Å². The third-order valence-corrected chi connectivity index (χ3v) is 5.41. The van der Waals surface area contributed by atoms with Crippen LogP contribution in [0.15, 0.2) is 84.9 Å². The Morgan fingerprint density at radius 3 is 1.94 bits per heavy atom. The van der Waals surface area contributed by atoms with Gasteiger partial charge in [0.2, 0.25) is 11.8 Å². The maximum Gasteiger partial charge on any atom is 0.243 e. The average Bonchev–Trinajstić information content (AvgIpc) is 2.82. The highest BCUT2D eigenvalue weighted by Gasteiger charge is 2.30. The predicted octanol–water partition coefficient (Wildman–Crippen LogP) is 4.40. The van der Waals surface area contributed by atoms with Crippen LogP contribution in [-0.4, -0.2) is 35.9 Å². The van der Waals surface area contributed by atoms with E-state index in [0.29, 0.717) is 13.0 Å². The van der Waals surface area contributed by atoms with Gasteiger partial charge in [-0.3, -0.25) is 9.59 Å². The SMILES string of the molecule is COc1ccc(CC(=O)N(Cc2ccccc2)C(Cc2ccccc2)C(=O)NC(C)C)cc1. The minimum absolute atomic E-state index is 0.0222. The van der Waals surface area contributed by atoms with E-state index in [2.05, 4.69) is 5.32 Å². The zero-order chi connectivity index (χ0) is 23.6. The maximum atomic E-state index is 13.6. The number of hydrogen-bond donors (Lipinski definition) is 1. The van der Waals surface area contributed by atoms with Crippen LogP contribution < -0.4 is 10.1 Å². The maximum absolute atomic E-state index is 13.6. The highest BCUT2D eigenvalue weighted by molar-refractivity contribution is 5.89. The first-order valence-electron chi connectivity index (χ1n) is 11.3. The fourth-order valence-corrected chi connectivity index (χ4v) is 3.73. The van der Waals surface area contributed by atoms with Crippen molar-refractivity contribution in [2.75, 3.05) is 7.11 Å². The lowest BCUT2D eigenvalue weighted by atomic mass is 10.0. The molecule has 2 amide bonds. The van der Waals surface area contributed by atoms with E-state index in [1.54, 1.807) is 12.0 Å². The molecule has 0 saturated carbocycles. The number of nitrogens with one attached hydrogen (secondary N) is 1. The van der Waals surface area contributed by atoms with Gasteiger partial charge in [0.25, 0.3) is 0 Å². The van der Waals surface area contributed by atoms with Gasteiger partial charge in [0.05, 0.1) is 13.5 Å². The standard InChI is InChI=1S/C28H32N2O3/c1-21(2)29-28(32)26(18-22-10-6-4-7-11-22)30(20-24-12-8-5-9-13-24)27(31)19-23-14-16-25(33-3)17-15-23/h4-17,21,26H,18-20H2,1-3H3,(H,29,32). The van der Waals surface area contributed by atoms with Crippen LogP contribution in [0.25, 0.3) is 0 Å². The van der Waals surface area contributed by atoms with E-state index in [9.17, 15) is 9.59 Å². The lowest BCUT2D eigenvalue weighted by Crippen LogP contribution is -2.52. The molecule has 0 heterocycles. The molecule has 5 nitrogen and oxygen atoms in total. The van der Waals surface area contributed by atoms with Gasteiger partial charge in [-0.05, 0) is 42.7 Å². The van der Waals surface area contributed by atoms with Crippen LogP contribution >= 0.6 is 0 Å². The Balaban J connectivity index is 1.92. The van der Waals surface area contributed by atoms with Crippen LogP contribution in [0.4, 0.5) is 0 Å². The molecule has 1 N–H and O–H groups in total. The van der Waals surface area contributed by atoms with Gasteiger partial charge in [-0.15, -0.1) is 0 Å². The van der Waals surface area contributed by atoms with Gasteiger partial charge in [0.1, 0.15) is 11.8 Å². The van der Waals surface area contributed by atoms with Crippen LogP contribution in [0.3, 0.4) is 0 Å². The molecule has 0 bridgehead atoms. The Hall–Kier alpha value is -3.60. The van der Waals surface area contributed by atoms with E-state index in [1.165, 1.54) is 0 Å². The number of carbonyl (C=O) groups is 2. The molecule has 3 aromatic carbocycles. The number of ether oxygens (including phenoxy) is 1. The summed E-state index contributed by atoms with van der Waals surface area (Å²) >= 11 is 0. The first-order valence-corrected chi connectivity index (χ1v) is 11.3. The van der Waals surface area contributed by atoms with Crippen LogP contribution in [0.1, 0.15) is 30.5 Å². The van der Waals surface area contributed by atoms with Gasteiger partial charge in [0, 0.05) is 19.0 Å². The van der Waals surface area contributed by atoms with E-state index < -0.39 is 6.04 Å².